The molecular formula is C21H26O12. The van der Waals surface area contributed by atoms with Crippen molar-refractivity contribution >= 4 is 12.0 Å². The Balaban J connectivity index is 1.64. The molecule has 1 aliphatic heterocycles. The number of carbonyl (C=O) groups is 1. The van der Waals surface area contributed by atoms with Crippen LogP contribution < -0.4 is 0 Å². The van der Waals surface area contributed by atoms with Gasteiger partial charge in [-0.1, -0.05) is 18.2 Å². The molecule has 1 fully saturated rings. The molecule has 0 aromatic heterocycles. The lowest BCUT2D eigenvalue weighted by Crippen LogP contribution is -2.61. The van der Waals surface area contributed by atoms with Crippen molar-refractivity contribution in [1.29, 1.82) is 0 Å². The summed E-state index contributed by atoms with van der Waals surface area (Å²) >= 11 is 0. The number of hydrogen-bond acceptors (Lipinski definition) is 12. The van der Waals surface area contributed by atoms with E-state index in [2.05, 4.69) is 0 Å². The molecule has 12 nitrogen and oxygen atoms in total. The van der Waals surface area contributed by atoms with Gasteiger partial charge in [-0.25, -0.2) is 4.79 Å². The fraction of sp³-hybridized carbons (Fsp3) is 0.476. The highest BCUT2D eigenvalue weighted by Crippen LogP contribution is 2.28. The molecule has 1 aromatic rings. The van der Waals surface area contributed by atoms with Crippen LogP contribution in [0.25, 0.3) is 6.08 Å². The second-order valence-corrected chi connectivity index (χ2v) is 7.65. The van der Waals surface area contributed by atoms with Crippen LogP contribution in [0.4, 0.5) is 0 Å². The first kappa shape index (κ1) is 25.1. The minimum atomic E-state index is -1.71. The number of phenols is 2. The summed E-state index contributed by atoms with van der Waals surface area (Å²) in [7, 11) is 0. The maximum absolute atomic E-state index is 12.2. The molecule has 182 valence electrons. The zero-order chi connectivity index (χ0) is 24.3. The Morgan fingerprint density at radius 1 is 0.970 bits per heavy atom. The SMILES string of the molecule is O=C(C=Cc1ccc(O)c(O)c1)O[C@@H]1[C@@H](O)[C@@H](O[C@@H]2O[C@@H](CO)[C@@H](O)[C@@H](O)[C@H]2O)C=C[C@@H]1O. The van der Waals surface area contributed by atoms with Crippen LogP contribution in [-0.2, 0) is 19.0 Å². The number of aliphatic hydroxyl groups is 6. The standard InChI is InChI=1S/C21H26O12/c22-8-14-16(27)18(29)19(30)21(32-14)31-13-5-4-11(24)20(17(13)28)33-15(26)6-2-9-1-3-10(23)12(25)7-9/h1-7,11,13-14,16-25,27-30H,8H2/t11-,13-,14-,16+,17-,18+,19+,20-,21+/m0/s1. The van der Waals surface area contributed by atoms with Crippen molar-refractivity contribution in [2.45, 2.75) is 55.1 Å². The quantitative estimate of drug-likeness (QED) is 0.0940. The lowest BCUT2D eigenvalue weighted by Gasteiger charge is -2.42. The number of aromatic hydroxyl groups is 2. The van der Waals surface area contributed by atoms with Gasteiger partial charge < -0.3 is 55.1 Å². The predicted octanol–water partition coefficient (Wildman–Crippen LogP) is -2.50. The maximum Gasteiger partial charge on any atom is 0.331 e. The third-order valence-electron chi connectivity index (χ3n) is 5.31. The molecule has 0 radical (unpaired) electrons. The van der Waals surface area contributed by atoms with Crippen LogP contribution in [-0.4, -0.2) is 109 Å². The van der Waals surface area contributed by atoms with E-state index in [0.717, 1.165) is 6.08 Å². The van der Waals surface area contributed by atoms with Crippen LogP contribution in [0, 0.1) is 0 Å². The minimum Gasteiger partial charge on any atom is -0.504 e. The summed E-state index contributed by atoms with van der Waals surface area (Å²) < 4.78 is 15.8. The Bertz CT molecular complexity index is 884. The Morgan fingerprint density at radius 3 is 2.36 bits per heavy atom. The van der Waals surface area contributed by atoms with Gasteiger partial charge in [0.2, 0.25) is 0 Å². The van der Waals surface area contributed by atoms with Crippen molar-refractivity contribution in [2.75, 3.05) is 6.61 Å². The molecule has 0 bridgehead atoms. The summed E-state index contributed by atoms with van der Waals surface area (Å²) in [5.41, 5.74) is 0.371. The maximum atomic E-state index is 12.2. The molecule has 8 N–H and O–H groups in total. The summed E-state index contributed by atoms with van der Waals surface area (Å²) in [5, 5.41) is 78.5. The number of phenolic OH excluding ortho intramolecular Hbond substituents is 2. The summed E-state index contributed by atoms with van der Waals surface area (Å²) in [6.07, 6.45) is -8.74. The summed E-state index contributed by atoms with van der Waals surface area (Å²) in [5.74, 6) is -1.66. The van der Waals surface area contributed by atoms with Gasteiger partial charge in [0.15, 0.2) is 23.9 Å². The number of hydrogen-bond donors (Lipinski definition) is 8. The topological polar surface area (TPSA) is 207 Å². The summed E-state index contributed by atoms with van der Waals surface area (Å²) in [6, 6.07) is 3.85. The third kappa shape index (κ3) is 5.69. The number of ether oxygens (including phenoxy) is 3. The fourth-order valence-corrected chi connectivity index (χ4v) is 3.42. The number of esters is 1. The van der Waals surface area contributed by atoms with E-state index in [-0.39, 0.29) is 11.5 Å². The highest BCUT2D eigenvalue weighted by Gasteiger charge is 2.47. The summed E-state index contributed by atoms with van der Waals surface area (Å²) in [4.78, 5) is 12.2. The first-order valence-corrected chi connectivity index (χ1v) is 10.0. The first-order valence-electron chi connectivity index (χ1n) is 10.0. The normalized spacial score (nSPS) is 36.7. The number of rotatable bonds is 6. The van der Waals surface area contributed by atoms with E-state index in [1.807, 2.05) is 0 Å². The van der Waals surface area contributed by atoms with Crippen LogP contribution in [0.3, 0.4) is 0 Å². The lowest BCUT2D eigenvalue weighted by molar-refractivity contribution is -0.315. The van der Waals surface area contributed by atoms with Crippen LogP contribution in [0.2, 0.25) is 0 Å². The fourth-order valence-electron chi connectivity index (χ4n) is 3.42. The second kappa shape index (κ2) is 10.6. The molecule has 1 aliphatic carbocycles. The molecule has 0 spiro atoms. The molecule has 33 heavy (non-hydrogen) atoms. The van der Waals surface area contributed by atoms with Crippen molar-refractivity contribution in [3.05, 3.63) is 42.0 Å². The van der Waals surface area contributed by atoms with Crippen LogP contribution in [0.1, 0.15) is 5.56 Å². The molecule has 0 unspecified atom stereocenters. The largest absolute Gasteiger partial charge is 0.504 e. The smallest absolute Gasteiger partial charge is 0.331 e. The first-order chi connectivity index (χ1) is 15.6. The second-order valence-electron chi connectivity index (χ2n) is 7.65. The Morgan fingerprint density at radius 2 is 1.70 bits per heavy atom. The minimum absolute atomic E-state index is 0.333. The van der Waals surface area contributed by atoms with Gasteiger partial charge in [-0.2, -0.15) is 0 Å². The van der Waals surface area contributed by atoms with Gasteiger partial charge in [0.05, 0.1) is 6.61 Å². The molecular weight excluding hydrogens is 444 g/mol. The van der Waals surface area contributed by atoms with Gasteiger partial charge in [0.25, 0.3) is 0 Å². The molecule has 0 amide bonds. The summed E-state index contributed by atoms with van der Waals surface area (Å²) in [6.45, 7) is -0.669. The number of benzene rings is 1. The molecule has 9 atom stereocenters. The van der Waals surface area contributed by atoms with E-state index < -0.39 is 67.7 Å². The van der Waals surface area contributed by atoms with E-state index in [0.29, 0.717) is 5.56 Å². The van der Waals surface area contributed by atoms with Crippen LogP contribution in [0.5, 0.6) is 11.5 Å². The van der Waals surface area contributed by atoms with Crippen molar-refractivity contribution < 1.29 is 59.9 Å². The predicted molar refractivity (Wildman–Crippen MR) is 108 cm³/mol. The van der Waals surface area contributed by atoms with Crippen molar-refractivity contribution in [2.24, 2.45) is 0 Å². The van der Waals surface area contributed by atoms with Gasteiger partial charge in [0.1, 0.15) is 42.7 Å². The van der Waals surface area contributed by atoms with E-state index >= 15 is 0 Å². The molecule has 1 aromatic carbocycles. The van der Waals surface area contributed by atoms with Gasteiger partial charge in [0, 0.05) is 6.08 Å². The van der Waals surface area contributed by atoms with Gasteiger partial charge in [-0.3, -0.25) is 0 Å². The molecule has 2 aliphatic rings. The highest BCUT2D eigenvalue weighted by atomic mass is 16.7. The van der Waals surface area contributed by atoms with Crippen molar-refractivity contribution in [3.8, 4) is 11.5 Å². The van der Waals surface area contributed by atoms with E-state index in [1.54, 1.807) is 0 Å². The average Bonchev–Trinajstić information content (AvgIpc) is 2.79. The molecule has 1 heterocycles. The van der Waals surface area contributed by atoms with E-state index in [4.69, 9.17) is 14.2 Å². The number of carbonyl (C=O) groups excluding carboxylic acids is 1. The number of aliphatic hydroxyl groups excluding tert-OH is 6. The van der Waals surface area contributed by atoms with Crippen molar-refractivity contribution in [3.63, 3.8) is 0 Å². The Kier molecular flexibility index (Phi) is 8.05. The van der Waals surface area contributed by atoms with Gasteiger partial charge in [-0.05, 0) is 23.8 Å². The Hall–Kier alpha value is -2.55. The van der Waals surface area contributed by atoms with E-state index in [1.165, 1.54) is 36.4 Å². The molecule has 3 rings (SSSR count). The monoisotopic (exact) mass is 470 g/mol. The Labute approximate surface area is 187 Å². The van der Waals surface area contributed by atoms with Crippen LogP contribution >= 0.6 is 0 Å². The molecule has 0 saturated carbocycles. The average molecular weight is 470 g/mol. The van der Waals surface area contributed by atoms with E-state index in [9.17, 15) is 45.6 Å². The van der Waals surface area contributed by atoms with Gasteiger partial charge in [-0.15, -0.1) is 0 Å². The third-order valence-corrected chi connectivity index (χ3v) is 5.31. The van der Waals surface area contributed by atoms with Crippen molar-refractivity contribution in [1.82, 2.24) is 0 Å². The zero-order valence-corrected chi connectivity index (χ0v) is 17.2. The zero-order valence-electron chi connectivity index (χ0n) is 17.2. The van der Waals surface area contributed by atoms with Gasteiger partial charge >= 0.3 is 5.97 Å². The van der Waals surface area contributed by atoms with Crippen LogP contribution in [0.15, 0.2) is 36.4 Å². The molecule has 1 saturated heterocycles. The lowest BCUT2D eigenvalue weighted by atomic mass is 9.95. The highest BCUT2D eigenvalue weighted by molar-refractivity contribution is 5.87. The molecule has 12 heteroatoms.